The quantitative estimate of drug-likeness (QED) is 0.726. The molecule has 0 spiro atoms. The first-order valence-corrected chi connectivity index (χ1v) is 5.91. The number of hydrogen-bond donors (Lipinski definition) is 2. The van der Waals surface area contributed by atoms with Crippen LogP contribution in [0.15, 0.2) is 24.3 Å². The Balaban J connectivity index is 2.39. The molecule has 1 aromatic heterocycles. The van der Waals surface area contributed by atoms with Gasteiger partial charge in [0.25, 0.3) is 0 Å². The number of para-hydroxylation sites is 1. The van der Waals surface area contributed by atoms with Gasteiger partial charge in [-0.25, -0.2) is 4.98 Å². The standard InChI is InChI=1S/C14H16N2O/c1-8-7-10-12(15)9-5-3-4-6-11(9)16-13(10)14(8,2)17/h3-6,8,17H,7H2,1-2H3,(H2,15,16)/t8-,14+/m0/s1. The number of rotatable bonds is 0. The molecule has 0 radical (unpaired) electrons. The summed E-state index contributed by atoms with van der Waals surface area (Å²) in [5.74, 6) is 0.157. The van der Waals surface area contributed by atoms with Gasteiger partial charge in [-0.2, -0.15) is 0 Å². The Labute approximate surface area is 100 Å². The van der Waals surface area contributed by atoms with E-state index in [1.807, 2.05) is 38.1 Å². The molecular weight excluding hydrogens is 212 g/mol. The number of aromatic nitrogens is 1. The van der Waals surface area contributed by atoms with Crippen molar-refractivity contribution in [2.45, 2.75) is 25.9 Å². The Morgan fingerprint density at radius 2 is 2.12 bits per heavy atom. The molecular formula is C14H16N2O. The first kappa shape index (κ1) is 10.5. The Morgan fingerprint density at radius 1 is 1.41 bits per heavy atom. The average molecular weight is 228 g/mol. The van der Waals surface area contributed by atoms with E-state index in [1.54, 1.807) is 0 Å². The Kier molecular flexibility index (Phi) is 1.98. The van der Waals surface area contributed by atoms with Crippen molar-refractivity contribution in [1.82, 2.24) is 4.98 Å². The van der Waals surface area contributed by atoms with Gasteiger partial charge in [0.15, 0.2) is 0 Å². The third kappa shape index (κ3) is 1.29. The van der Waals surface area contributed by atoms with Gasteiger partial charge in [-0.05, 0) is 25.3 Å². The number of pyridine rings is 1. The van der Waals surface area contributed by atoms with Gasteiger partial charge in [-0.3, -0.25) is 0 Å². The van der Waals surface area contributed by atoms with Crippen LogP contribution < -0.4 is 5.73 Å². The highest BCUT2D eigenvalue weighted by Crippen LogP contribution is 2.43. The molecule has 88 valence electrons. The second-order valence-electron chi connectivity index (χ2n) is 5.12. The van der Waals surface area contributed by atoms with Crippen LogP contribution in [0.3, 0.4) is 0 Å². The SMILES string of the molecule is C[C@H]1Cc2c(nc3ccccc3c2N)[C@]1(C)O. The summed E-state index contributed by atoms with van der Waals surface area (Å²) in [6.45, 7) is 3.86. The van der Waals surface area contributed by atoms with E-state index in [0.29, 0.717) is 0 Å². The molecule has 0 unspecified atom stereocenters. The van der Waals surface area contributed by atoms with E-state index in [0.717, 1.165) is 34.3 Å². The van der Waals surface area contributed by atoms with Crippen molar-refractivity contribution < 1.29 is 5.11 Å². The molecule has 3 nitrogen and oxygen atoms in total. The average Bonchev–Trinajstić information content (AvgIpc) is 2.53. The van der Waals surface area contributed by atoms with Crippen LogP contribution in [0.5, 0.6) is 0 Å². The summed E-state index contributed by atoms with van der Waals surface area (Å²) in [4.78, 5) is 4.59. The third-order valence-corrected chi connectivity index (χ3v) is 3.99. The van der Waals surface area contributed by atoms with E-state index in [1.165, 1.54) is 0 Å². The molecule has 3 heteroatoms. The summed E-state index contributed by atoms with van der Waals surface area (Å²) in [5, 5.41) is 11.5. The summed E-state index contributed by atoms with van der Waals surface area (Å²) in [5.41, 5.74) is 8.73. The highest BCUT2D eigenvalue weighted by Gasteiger charge is 2.41. The number of benzene rings is 1. The van der Waals surface area contributed by atoms with Crippen molar-refractivity contribution in [1.29, 1.82) is 0 Å². The van der Waals surface area contributed by atoms with E-state index in [9.17, 15) is 5.11 Å². The summed E-state index contributed by atoms with van der Waals surface area (Å²) >= 11 is 0. The van der Waals surface area contributed by atoms with Gasteiger partial charge in [-0.15, -0.1) is 0 Å². The molecule has 3 rings (SSSR count). The first-order valence-electron chi connectivity index (χ1n) is 5.91. The van der Waals surface area contributed by atoms with Crippen LogP contribution in [0.4, 0.5) is 5.69 Å². The zero-order chi connectivity index (χ0) is 12.2. The number of nitrogens with zero attached hydrogens (tertiary/aromatic N) is 1. The molecule has 0 saturated carbocycles. The van der Waals surface area contributed by atoms with Crippen LogP contribution >= 0.6 is 0 Å². The molecule has 2 aromatic rings. The topological polar surface area (TPSA) is 59.1 Å². The maximum Gasteiger partial charge on any atom is 0.107 e. The molecule has 17 heavy (non-hydrogen) atoms. The predicted octanol–water partition coefficient (Wildman–Crippen LogP) is 2.22. The van der Waals surface area contributed by atoms with Crippen molar-refractivity contribution in [2.24, 2.45) is 5.92 Å². The number of hydrogen-bond acceptors (Lipinski definition) is 3. The van der Waals surface area contributed by atoms with E-state index in [4.69, 9.17) is 5.73 Å². The fourth-order valence-corrected chi connectivity index (χ4v) is 2.64. The van der Waals surface area contributed by atoms with Crippen LogP contribution in [0.1, 0.15) is 25.1 Å². The number of anilines is 1. The van der Waals surface area contributed by atoms with Crippen LogP contribution in [-0.4, -0.2) is 10.1 Å². The van der Waals surface area contributed by atoms with Gasteiger partial charge in [-0.1, -0.05) is 25.1 Å². The van der Waals surface area contributed by atoms with E-state index < -0.39 is 5.60 Å². The number of aliphatic hydroxyl groups is 1. The summed E-state index contributed by atoms with van der Waals surface area (Å²) in [6, 6.07) is 7.82. The Hall–Kier alpha value is -1.61. The van der Waals surface area contributed by atoms with Crippen molar-refractivity contribution in [3.8, 4) is 0 Å². The lowest BCUT2D eigenvalue weighted by atomic mass is 9.94. The molecule has 1 aliphatic rings. The molecule has 2 atom stereocenters. The normalized spacial score (nSPS) is 27.4. The second-order valence-corrected chi connectivity index (χ2v) is 5.12. The summed E-state index contributed by atoms with van der Waals surface area (Å²) in [7, 11) is 0. The van der Waals surface area contributed by atoms with Crippen LogP contribution in [0.25, 0.3) is 10.9 Å². The molecule has 0 amide bonds. The first-order chi connectivity index (χ1) is 8.01. The molecule has 0 saturated heterocycles. The maximum atomic E-state index is 10.5. The minimum atomic E-state index is -0.868. The predicted molar refractivity (Wildman–Crippen MR) is 68.6 cm³/mol. The smallest absolute Gasteiger partial charge is 0.107 e. The Morgan fingerprint density at radius 3 is 2.88 bits per heavy atom. The fraction of sp³-hybridized carbons (Fsp3) is 0.357. The monoisotopic (exact) mass is 228 g/mol. The lowest BCUT2D eigenvalue weighted by Crippen LogP contribution is -2.26. The summed E-state index contributed by atoms with van der Waals surface area (Å²) < 4.78 is 0. The van der Waals surface area contributed by atoms with Crippen LogP contribution in [0.2, 0.25) is 0 Å². The highest BCUT2D eigenvalue weighted by molar-refractivity contribution is 5.92. The van der Waals surface area contributed by atoms with E-state index >= 15 is 0 Å². The van der Waals surface area contributed by atoms with Gasteiger partial charge < -0.3 is 10.8 Å². The van der Waals surface area contributed by atoms with Gasteiger partial charge in [0.1, 0.15) is 5.60 Å². The third-order valence-electron chi connectivity index (χ3n) is 3.99. The minimum Gasteiger partial charge on any atom is -0.398 e. The zero-order valence-electron chi connectivity index (χ0n) is 10.1. The van der Waals surface area contributed by atoms with Crippen molar-refractivity contribution in [2.75, 3.05) is 5.73 Å². The molecule has 0 fully saturated rings. The van der Waals surface area contributed by atoms with Crippen molar-refractivity contribution in [3.63, 3.8) is 0 Å². The summed E-state index contributed by atoms with van der Waals surface area (Å²) in [6.07, 6.45) is 0.798. The molecule has 0 aliphatic heterocycles. The Bertz CT molecular complexity index is 604. The number of nitrogen functional groups attached to an aromatic ring is 1. The van der Waals surface area contributed by atoms with Crippen LogP contribution in [-0.2, 0) is 12.0 Å². The van der Waals surface area contributed by atoms with Gasteiger partial charge in [0.2, 0.25) is 0 Å². The van der Waals surface area contributed by atoms with E-state index in [-0.39, 0.29) is 5.92 Å². The molecule has 0 bridgehead atoms. The lowest BCUT2D eigenvalue weighted by Gasteiger charge is -2.22. The lowest BCUT2D eigenvalue weighted by molar-refractivity contribution is 0.0118. The second kappa shape index (κ2) is 3.20. The number of fused-ring (bicyclic) bond motifs is 2. The van der Waals surface area contributed by atoms with E-state index in [2.05, 4.69) is 4.98 Å². The molecule has 1 aromatic carbocycles. The van der Waals surface area contributed by atoms with Gasteiger partial charge in [0, 0.05) is 16.6 Å². The van der Waals surface area contributed by atoms with Gasteiger partial charge in [0.05, 0.1) is 11.2 Å². The molecule has 3 N–H and O–H groups in total. The molecule has 1 heterocycles. The van der Waals surface area contributed by atoms with Crippen molar-refractivity contribution in [3.05, 3.63) is 35.5 Å². The molecule has 1 aliphatic carbocycles. The minimum absolute atomic E-state index is 0.157. The zero-order valence-corrected chi connectivity index (χ0v) is 10.1. The maximum absolute atomic E-state index is 10.5. The van der Waals surface area contributed by atoms with Gasteiger partial charge >= 0.3 is 0 Å². The fourth-order valence-electron chi connectivity index (χ4n) is 2.64. The largest absolute Gasteiger partial charge is 0.398 e. The van der Waals surface area contributed by atoms with Crippen molar-refractivity contribution >= 4 is 16.6 Å². The number of nitrogens with two attached hydrogens (primary N) is 1. The van der Waals surface area contributed by atoms with Crippen LogP contribution in [0, 0.1) is 5.92 Å². The highest BCUT2D eigenvalue weighted by atomic mass is 16.3.